The quantitative estimate of drug-likeness (QED) is 0.0543. The van der Waals surface area contributed by atoms with Gasteiger partial charge in [0.05, 0.1) is 10.6 Å². The molecule has 52 heavy (non-hydrogen) atoms. The Morgan fingerprint density at radius 3 is 1.48 bits per heavy atom. The highest BCUT2D eigenvalue weighted by atomic mass is 31.1. The Hall–Kier alpha value is -0.580. The van der Waals surface area contributed by atoms with Crippen LogP contribution in [0.4, 0.5) is 0 Å². The monoisotopic (exact) mass is 788 g/mol. The van der Waals surface area contributed by atoms with Gasteiger partial charge < -0.3 is 4.74 Å². The van der Waals surface area contributed by atoms with Crippen LogP contribution in [-0.4, -0.2) is 68.8 Å². The number of ketones is 2. The van der Waals surface area contributed by atoms with Crippen molar-refractivity contribution in [1.82, 2.24) is 0 Å². The highest BCUT2D eigenvalue weighted by Gasteiger charge is 2.57. The first-order chi connectivity index (χ1) is 24.8. The molecule has 0 aromatic heterocycles. The van der Waals surface area contributed by atoms with Crippen LogP contribution in [0.1, 0.15) is 153 Å². The molecular formula is C43H68O5P4. The van der Waals surface area contributed by atoms with Crippen molar-refractivity contribution in [2.75, 3.05) is 0 Å². The molecule has 4 fully saturated rings. The first kappa shape index (κ1) is 42.6. The summed E-state index contributed by atoms with van der Waals surface area (Å²) in [6, 6.07) is 0. The van der Waals surface area contributed by atoms with E-state index in [1.807, 2.05) is 0 Å². The van der Waals surface area contributed by atoms with E-state index in [1.165, 1.54) is 12.8 Å². The van der Waals surface area contributed by atoms with Crippen molar-refractivity contribution in [2.45, 2.75) is 198 Å². The van der Waals surface area contributed by atoms with Crippen molar-refractivity contribution < 1.29 is 23.9 Å². The van der Waals surface area contributed by atoms with Crippen LogP contribution < -0.4 is 0 Å². The summed E-state index contributed by atoms with van der Waals surface area (Å²) >= 11 is 0. The summed E-state index contributed by atoms with van der Waals surface area (Å²) in [7, 11) is -3.23. The van der Waals surface area contributed by atoms with Gasteiger partial charge in [-0.3, -0.25) is 9.59 Å². The molecule has 0 N–H and O–H groups in total. The van der Waals surface area contributed by atoms with E-state index >= 15 is 0 Å². The Labute approximate surface area is 321 Å². The van der Waals surface area contributed by atoms with Crippen LogP contribution in [0.15, 0.2) is 33.4 Å². The molecule has 9 heteroatoms. The molecule has 0 radical (unpaired) electrons. The Balaban J connectivity index is 1.61. The summed E-state index contributed by atoms with van der Waals surface area (Å²) in [6.45, 7) is 26.0. The normalized spacial score (nSPS) is 38.7. The minimum absolute atomic E-state index is 0.151. The first-order valence-corrected chi connectivity index (χ1v) is 26.8. The van der Waals surface area contributed by atoms with Gasteiger partial charge in [0.15, 0.2) is 11.6 Å². The number of cyclic esters (lactones) is 2. The van der Waals surface area contributed by atoms with Gasteiger partial charge in [0.2, 0.25) is 0 Å². The highest BCUT2D eigenvalue weighted by Crippen LogP contribution is 2.77. The molecule has 0 aliphatic carbocycles. The molecule has 5 unspecified atom stereocenters. The predicted octanol–water partition coefficient (Wildman–Crippen LogP) is 12.6. The summed E-state index contributed by atoms with van der Waals surface area (Å²) in [5.74, 6) is 0.507. The van der Waals surface area contributed by atoms with Crippen molar-refractivity contribution in [3.63, 3.8) is 0 Å². The minimum atomic E-state index is -0.896. The molecular weight excluding hydrogens is 720 g/mol. The molecule has 4 saturated heterocycles. The fourth-order valence-corrected chi connectivity index (χ4v) is 28.0. The standard InChI is InChI=1S/C43H68O5P4/c1-12-28-19-20-29(13-2)49(28)38(26(10)44)39(27(11)45)51-31(15-4)23-33(35(51)17-6)34-24-32(16-5)52(36(34)18-7)41-40(42(46)48-43(41)47)50-30(14-3)21-22-37(50)25(8)9/h28-37H,8,12-24H2,1-7,9-11H3/b39-38-/t28-,29-,30+,31+,32-,33?,34?,35+,36-,37-,50?,51?,52?/m0/s1. The van der Waals surface area contributed by atoms with Gasteiger partial charge in [0.25, 0.3) is 0 Å². The van der Waals surface area contributed by atoms with Gasteiger partial charge in [-0.25, -0.2) is 9.59 Å². The summed E-state index contributed by atoms with van der Waals surface area (Å²) < 4.78 is 5.64. The number of allylic oxidation sites excluding steroid dienone is 3. The molecule has 0 aromatic carbocycles. The van der Waals surface area contributed by atoms with Crippen LogP contribution in [0, 0.1) is 11.8 Å². The first-order valence-electron chi connectivity index (χ1n) is 20.9. The fourth-order valence-electron chi connectivity index (χ4n) is 11.5. The Kier molecular flexibility index (Phi) is 14.8. The fraction of sp³-hybridized carbons (Fsp3) is 0.767. The number of esters is 2. The van der Waals surface area contributed by atoms with Crippen LogP contribution in [0.3, 0.4) is 0 Å². The average molecular weight is 789 g/mol. The second-order valence-corrected chi connectivity index (χ2v) is 27.0. The number of rotatable bonds is 15. The zero-order valence-corrected chi connectivity index (χ0v) is 37.6. The van der Waals surface area contributed by atoms with Crippen LogP contribution in [0.5, 0.6) is 0 Å². The summed E-state index contributed by atoms with van der Waals surface area (Å²) in [4.78, 5) is 55.8. The summed E-state index contributed by atoms with van der Waals surface area (Å²) in [5.41, 5.74) is 4.45. The lowest BCUT2D eigenvalue weighted by atomic mass is 9.79. The third-order valence-electron chi connectivity index (χ3n) is 13.7. The number of ether oxygens (including phenoxy) is 1. The Morgan fingerprint density at radius 1 is 0.577 bits per heavy atom. The SMILES string of the molecule is C=C(C)[C@@H]1CC[C@@H](CC)P1C1=C(P2[C@@H](CC)CC(C3C[C@@H](CC)P(/C(C(C)=O)=C(/C(C)=O)P4[C@@H](CC)CC[C@@H]4CC)[C@@H]3CC)[C@@H]2CC)C(=O)OC1=O. The zero-order valence-electron chi connectivity index (χ0n) is 34.0. The van der Waals surface area contributed by atoms with E-state index in [4.69, 9.17) is 4.74 Å². The van der Waals surface area contributed by atoms with Gasteiger partial charge in [-0.15, -0.1) is 0 Å². The van der Waals surface area contributed by atoms with Crippen molar-refractivity contribution in [1.29, 1.82) is 0 Å². The van der Waals surface area contributed by atoms with Crippen LogP contribution in [0.25, 0.3) is 0 Å². The number of carbonyl (C=O) groups is 4. The molecule has 5 nitrogen and oxygen atoms in total. The van der Waals surface area contributed by atoms with Crippen LogP contribution >= 0.6 is 31.7 Å². The van der Waals surface area contributed by atoms with Gasteiger partial charge in [-0.1, -0.05) is 92.3 Å². The van der Waals surface area contributed by atoms with Crippen molar-refractivity contribution in [3.05, 3.63) is 33.4 Å². The minimum Gasteiger partial charge on any atom is -0.386 e. The number of carbonyl (C=O) groups excluding carboxylic acids is 4. The lowest BCUT2D eigenvalue weighted by Gasteiger charge is -2.36. The predicted molar refractivity (Wildman–Crippen MR) is 226 cm³/mol. The third kappa shape index (κ3) is 7.61. The molecule has 5 aliphatic heterocycles. The topological polar surface area (TPSA) is 77.5 Å². The average Bonchev–Trinajstić information content (AvgIpc) is 3.93. The van der Waals surface area contributed by atoms with Crippen molar-refractivity contribution in [2.24, 2.45) is 11.8 Å². The highest BCUT2D eigenvalue weighted by molar-refractivity contribution is 7.71. The molecule has 0 aromatic rings. The summed E-state index contributed by atoms with van der Waals surface area (Å²) in [6.07, 6.45) is 13.9. The molecule has 290 valence electrons. The molecule has 13 atom stereocenters. The van der Waals surface area contributed by atoms with E-state index in [9.17, 15) is 19.2 Å². The Morgan fingerprint density at radius 2 is 1.02 bits per heavy atom. The molecule has 0 spiro atoms. The van der Waals surface area contributed by atoms with Gasteiger partial charge in [-0.2, -0.15) is 0 Å². The molecule has 0 bridgehead atoms. The molecule has 5 heterocycles. The maximum atomic E-state index is 14.1. The second-order valence-electron chi connectivity index (χ2n) is 16.4. The molecule has 0 amide bonds. The van der Waals surface area contributed by atoms with E-state index < -0.39 is 31.7 Å². The lowest BCUT2D eigenvalue weighted by Crippen LogP contribution is -2.28. The maximum absolute atomic E-state index is 14.1. The smallest absolute Gasteiger partial charge is 0.347 e. The second kappa shape index (κ2) is 18.1. The Bertz CT molecular complexity index is 1450. The molecule has 5 rings (SSSR count). The lowest BCUT2D eigenvalue weighted by molar-refractivity contribution is -0.150. The summed E-state index contributed by atoms with van der Waals surface area (Å²) in [5, 5.41) is 3.55. The van der Waals surface area contributed by atoms with E-state index in [0.29, 0.717) is 51.4 Å². The van der Waals surface area contributed by atoms with Gasteiger partial charge in [0, 0.05) is 16.3 Å². The number of hydrogen-bond acceptors (Lipinski definition) is 5. The largest absolute Gasteiger partial charge is 0.386 e. The third-order valence-corrected chi connectivity index (χ3v) is 29.3. The zero-order chi connectivity index (χ0) is 38.2. The number of Topliss-reactive ketones (excluding diaryl/α,β-unsaturated/α-hetero) is 2. The van der Waals surface area contributed by atoms with Crippen LogP contribution in [-0.2, 0) is 23.9 Å². The van der Waals surface area contributed by atoms with E-state index in [1.54, 1.807) is 13.8 Å². The molecule has 5 aliphatic rings. The van der Waals surface area contributed by atoms with E-state index in [-0.39, 0.29) is 29.2 Å². The van der Waals surface area contributed by atoms with Gasteiger partial charge in [-0.05, 0) is 156 Å². The molecule has 0 saturated carbocycles. The van der Waals surface area contributed by atoms with Crippen molar-refractivity contribution in [3.8, 4) is 0 Å². The van der Waals surface area contributed by atoms with Crippen LogP contribution in [0.2, 0.25) is 0 Å². The van der Waals surface area contributed by atoms with E-state index in [2.05, 4.69) is 62.0 Å². The maximum Gasteiger partial charge on any atom is 0.347 e. The number of hydrogen-bond donors (Lipinski definition) is 0. The van der Waals surface area contributed by atoms with Crippen molar-refractivity contribution >= 4 is 55.2 Å². The van der Waals surface area contributed by atoms with E-state index in [0.717, 1.165) is 97.5 Å². The van der Waals surface area contributed by atoms with Gasteiger partial charge >= 0.3 is 11.9 Å². The van der Waals surface area contributed by atoms with Gasteiger partial charge in [0.1, 0.15) is 0 Å².